The van der Waals surface area contributed by atoms with Crippen molar-refractivity contribution in [2.45, 2.75) is 0 Å². The summed E-state index contributed by atoms with van der Waals surface area (Å²) in [6.07, 6.45) is 1.43. The van der Waals surface area contributed by atoms with E-state index in [-0.39, 0.29) is 11.6 Å². The molecule has 20 heavy (non-hydrogen) atoms. The molecule has 0 saturated carbocycles. The van der Waals surface area contributed by atoms with Crippen LogP contribution in [0.25, 0.3) is 0 Å². The number of carbonyl (C=O) groups is 1. The standard InChI is InChI=1S/C14H10BrN3O2/c1-20-13-3-2-10(7-12(13)15)18-14(19)9-4-5-17-11(6-9)8-16/h2-7H,1H3,(H,18,19). The molecule has 6 heteroatoms. The van der Waals surface area contributed by atoms with Gasteiger partial charge in [0.1, 0.15) is 17.5 Å². The number of methoxy groups -OCH3 is 1. The van der Waals surface area contributed by atoms with Crippen LogP contribution in [0, 0.1) is 11.3 Å². The Bertz CT molecular complexity index is 695. The van der Waals surface area contributed by atoms with E-state index in [1.807, 2.05) is 6.07 Å². The molecule has 0 unspecified atom stereocenters. The summed E-state index contributed by atoms with van der Waals surface area (Å²) in [5.74, 6) is 0.375. The number of halogens is 1. The molecule has 0 saturated heterocycles. The predicted octanol–water partition coefficient (Wildman–Crippen LogP) is 2.98. The number of nitrogens with zero attached hydrogens (tertiary/aromatic N) is 2. The molecule has 0 atom stereocenters. The van der Waals surface area contributed by atoms with Crippen molar-refractivity contribution in [2.75, 3.05) is 12.4 Å². The molecule has 1 amide bonds. The maximum atomic E-state index is 12.1. The van der Waals surface area contributed by atoms with Crippen molar-refractivity contribution in [3.05, 3.63) is 52.3 Å². The Kier molecular flexibility index (Phi) is 4.33. The average molecular weight is 332 g/mol. The first-order valence-corrected chi connectivity index (χ1v) is 6.44. The molecule has 0 radical (unpaired) electrons. The molecule has 0 aliphatic rings. The van der Waals surface area contributed by atoms with E-state index in [1.54, 1.807) is 31.4 Å². The number of hydrogen-bond donors (Lipinski definition) is 1. The van der Waals surface area contributed by atoms with Crippen molar-refractivity contribution in [3.8, 4) is 11.8 Å². The summed E-state index contributed by atoms with van der Waals surface area (Å²) in [6.45, 7) is 0. The number of nitriles is 1. The van der Waals surface area contributed by atoms with Gasteiger partial charge in [-0.3, -0.25) is 4.79 Å². The van der Waals surface area contributed by atoms with E-state index in [1.165, 1.54) is 12.3 Å². The molecule has 1 aromatic carbocycles. The lowest BCUT2D eigenvalue weighted by molar-refractivity contribution is 0.102. The molecule has 0 aliphatic heterocycles. The van der Waals surface area contributed by atoms with Crippen LogP contribution >= 0.6 is 15.9 Å². The molecule has 0 fully saturated rings. The molecule has 5 nitrogen and oxygen atoms in total. The highest BCUT2D eigenvalue weighted by Crippen LogP contribution is 2.27. The minimum absolute atomic E-state index is 0.202. The first kappa shape index (κ1) is 14.0. The highest BCUT2D eigenvalue weighted by Gasteiger charge is 2.09. The number of rotatable bonds is 3. The van der Waals surface area contributed by atoms with Crippen LogP contribution in [0.1, 0.15) is 16.1 Å². The Morgan fingerprint density at radius 3 is 2.85 bits per heavy atom. The number of hydrogen-bond acceptors (Lipinski definition) is 4. The van der Waals surface area contributed by atoms with Gasteiger partial charge in [-0.1, -0.05) is 0 Å². The minimum Gasteiger partial charge on any atom is -0.496 e. The second-order valence-corrected chi connectivity index (χ2v) is 4.70. The molecule has 1 N–H and O–H groups in total. The number of benzene rings is 1. The Morgan fingerprint density at radius 1 is 1.40 bits per heavy atom. The molecule has 2 aromatic rings. The van der Waals surface area contributed by atoms with E-state index in [9.17, 15) is 4.79 Å². The zero-order chi connectivity index (χ0) is 14.5. The van der Waals surface area contributed by atoms with Gasteiger partial charge in [-0.05, 0) is 46.3 Å². The fraction of sp³-hybridized carbons (Fsp3) is 0.0714. The maximum absolute atomic E-state index is 12.1. The summed E-state index contributed by atoms with van der Waals surface area (Å²) >= 11 is 3.35. The summed E-state index contributed by atoms with van der Waals surface area (Å²) < 4.78 is 5.86. The Hall–Kier alpha value is -2.39. The molecule has 0 bridgehead atoms. The van der Waals surface area contributed by atoms with Crippen LogP contribution in [0.2, 0.25) is 0 Å². The quantitative estimate of drug-likeness (QED) is 0.938. The second kappa shape index (κ2) is 6.17. The monoisotopic (exact) mass is 331 g/mol. The Balaban J connectivity index is 2.19. The van der Waals surface area contributed by atoms with Crippen molar-refractivity contribution >= 4 is 27.5 Å². The van der Waals surface area contributed by atoms with Crippen molar-refractivity contribution < 1.29 is 9.53 Å². The molecule has 1 aromatic heterocycles. The first-order chi connectivity index (χ1) is 9.63. The number of ether oxygens (including phenoxy) is 1. The van der Waals surface area contributed by atoms with Gasteiger partial charge >= 0.3 is 0 Å². The molecule has 0 spiro atoms. The summed E-state index contributed by atoms with van der Waals surface area (Å²) in [5, 5.41) is 11.5. The second-order valence-electron chi connectivity index (χ2n) is 3.85. The lowest BCUT2D eigenvalue weighted by Gasteiger charge is -2.08. The van der Waals surface area contributed by atoms with Crippen molar-refractivity contribution in [3.63, 3.8) is 0 Å². The normalized spacial score (nSPS) is 9.65. The molecule has 100 valence electrons. The third kappa shape index (κ3) is 3.13. The number of pyridine rings is 1. The van der Waals surface area contributed by atoms with Crippen LogP contribution < -0.4 is 10.1 Å². The summed E-state index contributed by atoms with van der Waals surface area (Å²) in [4.78, 5) is 15.9. The van der Waals surface area contributed by atoms with Crippen LogP contribution in [0.3, 0.4) is 0 Å². The highest BCUT2D eigenvalue weighted by atomic mass is 79.9. The van der Waals surface area contributed by atoms with Gasteiger partial charge in [-0.15, -0.1) is 0 Å². The van der Waals surface area contributed by atoms with Crippen molar-refractivity contribution in [1.29, 1.82) is 5.26 Å². The predicted molar refractivity (Wildman–Crippen MR) is 77.6 cm³/mol. The third-order valence-corrected chi connectivity index (χ3v) is 3.17. The van der Waals surface area contributed by atoms with Crippen LogP contribution in [0.15, 0.2) is 41.0 Å². The topological polar surface area (TPSA) is 75.0 Å². The van der Waals surface area contributed by atoms with E-state index >= 15 is 0 Å². The minimum atomic E-state index is -0.305. The van der Waals surface area contributed by atoms with E-state index in [0.717, 1.165) is 4.47 Å². The number of amides is 1. The lowest BCUT2D eigenvalue weighted by atomic mass is 10.2. The molecule has 0 aliphatic carbocycles. The summed E-state index contributed by atoms with van der Waals surface area (Å²) in [5.41, 5.74) is 1.20. The first-order valence-electron chi connectivity index (χ1n) is 5.65. The van der Waals surface area contributed by atoms with E-state index in [2.05, 4.69) is 26.2 Å². The molecular weight excluding hydrogens is 322 g/mol. The third-order valence-electron chi connectivity index (χ3n) is 2.55. The van der Waals surface area contributed by atoms with Crippen LogP contribution in [0.5, 0.6) is 5.75 Å². The van der Waals surface area contributed by atoms with Gasteiger partial charge in [-0.25, -0.2) is 4.98 Å². The fourth-order valence-corrected chi connectivity index (χ4v) is 2.12. The number of nitrogens with one attached hydrogen (secondary N) is 1. The van der Waals surface area contributed by atoms with E-state index in [4.69, 9.17) is 10.00 Å². The average Bonchev–Trinajstić information content (AvgIpc) is 2.47. The van der Waals surface area contributed by atoms with Gasteiger partial charge in [-0.2, -0.15) is 5.26 Å². The van der Waals surface area contributed by atoms with Crippen molar-refractivity contribution in [1.82, 2.24) is 4.98 Å². The Morgan fingerprint density at radius 2 is 2.20 bits per heavy atom. The highest BCUT2D eigenvalue weighted by molar-refractivity contribution is 9.10. The molecule has 1 heterocycles. The van der Waals surface area contributed by atoms with Gasteiger partial charge < -0.3 is 10.1 Å². The molecule has 2 rings (SSSR count). The zero-order valence-corrected chi connectivity index (χ0v) is 12.1. The van der Waals surface area contributed by atoms with Crippen LogP contribution in [0.4, 0.5) is 5.69 Å². The fourth-order valence-electron chi connectivity index (χ4n) is 1.58. The Labute approximate surface area is 124 Å². The summed E-state index contributed by atoms with van der Waals surface area (Å²) in [6, 6.07) is 10.1. The summed E-state index contributed by atoms with van der Waals surface area (Å²) in [7, 11) is 1.57. The van der Waals surface area contributed by atoms with E-state index in [0.29, 0.717) is 17.0 Å². The van der Waals surface area contributed by atoms with Crippen LogP contribution in [-0.2, 0) is 0 Å². The smallest absolute Gasteiger partial charge is 0.255 e. The lowest BCUT2D eigenvalue weighted by Crippen LogP contribution is -2.12. The zero-order valence-electron chi connectivity index (χ0n) is 10.6. The van der Waals surface area contributed by atoms with Crippen LogP contribution in [-0.4, -0.2) is 18.0 Å². The maximum Gasteiger partial charge on any atom is 0.255 e. The van der Waals surface area contributed by atoms with Gasteiger partial charge in [0, 0.05) is 17.4 Å². The molecular formula is C14H10BrN3O2. The number of anilines is 1. The van der Waals surface area contributed by atoms with Gasteiger partial charge in [0.05, 0.1) is 11.6 Å². The SMILES string of the molecule is COc1ccc(NC(=O)c2ccnc(C#N)c2)cc1Br. The largest absolute Gasteiger partial charge is 0.496 e. The number of aromatic nitrogens is 1. The number of carbonyl (C=O) groups excluding carboxylic acids is 1. The van der Waals surface area contributed by atoms with Gasteiger partial charge in [0.15, 0.2) is 0 Å². The van der Waals surface area contributed by atoms with Crippen molar-refractivity contribution in [2.24, 2.45) is 0 Å². The van der Waals surface area contributed by atoms with Gasteiger partial charge in [0.2, 0.25) is 0 Å². The van der Waals surface area contributed by atoms with E-state index < -0.39 is 0 Å². The van der Waals surface area contributed by atoms with Gasteiger partial charge in [0.25, 0.3) is 5.91 Å².